The normalized spacial score (nSPS) is 12.1. The Morgan fingerprint density at radius 3 is 2.89 bits per heavy atom. The molecule has 1 rings (SSSR count). The van der Waals surface area contributed by atoms with Crippen molar-refractivity contribution < 1.29 is 24.0 Å². The van der Waals surface area contributed by atoms with Crippen molar-refractivity contribution in [1.82, 2.24) is 15.8 Å². The van der Waals surface area contributed by atoms with Gasteiger partial charge in [-0.15, -0.1) is 0 Å². The number of nitrogens with zero attached hydrogens (tertiary/aromatic N) is 1. The third kappa shape index (κ3) is 5.06. The topological polar surface area (TPSA) is 114 Å². The second kappa shape index (κ2) is 7.49. The lowest BCUT2D eigenvalue weighted by Gasteiger charge is -2.12. The predicted octanol–water partition coefficient (Wildman–Crippen LogP) is -0.386. The van der Waals surface area contributed by atoms with Crippen molar-refractivity contribution in [3.8, 4) is 0 Å². The number of hydrogen-bond acceptors (Lipinski definition) is 6. The van der Waals surface area contributed by atoms with Gasteiger partial charge in [0.05, 0.1) is 19.2 Å². The Morgan fingerprint density at radius 1 is 1.58 bits per heavy atom. The molecular weight excluding hydrogens is 254 g/mol. The molecule has 1 aromatic heterocycles. The maximum atomic E-state index is 11.6. The molecule has 106 valence electrons. The number of carbonyl (C=O) groups excluding carboxylic acids is 1. The molecule has 0 aliphatic carbocycles. The van der Waals surface area contributed by atoms with Crippen LogP contribution in [0.4, 0.5) is 0 Å². The number of aromatic nitrogens is 1. The van der Waals surface area contributed by atoms with E-state index in [9.17, 15) is 9.59 Å². The van der Waals surface area contributed by atoms with Crippen LogP contribution in [0.5, 0.6) is 0 Å². The summed E-state index contributed by atoms with van der Waals surface area (Å²) in [5.41, 5.74) is -0.158. The second-order valence-corrected chi connectivity index (χ2v) is 3.87. The molecule has 0 saturated heterocycles. The Balaban J connectivity index is 2.34. The van der Waals surface area contributed by atoms with E-state index in [0.717, 1.165) is 0 Å². The molecule has 0 aliphatic rings. The van der Waals surface area contributed by atoms with Gasteiger partial charge in [-0.2, -0.15) is 0 Å². The van der Waals surface area contributed by atoms with E-state index in [1.807, 2.05) is 0 Å². The minimum Gasteiger partial charge on any atom is -0.476 e. The first-order chi connectivity index (χ1) is 9.04. The molecule has 8 heteroatoms. The van der Waals surface area contributed by atoms with Crippen molar-refractivity contribution in [2.45, 2.75) is 19.5 Å². The molecule has 1 unspecified atom stereocenters. The van der Waals surface area contributed by atoms with Gasteiger partial charge in [-0.05, 0) is 6.92 Å². The van der Waals surface area contributed by atoms with Gasteiger partial charge in [-0.25, -0.2) is 4.79 Å². The Labute approximate surface area is 110 Å². The van der Waals surface area contributed by atoms with Crippen LogP contribution < -0.4 is 10.6 Å². The smallest absolute Gasteiger partial charge is 0.358 e. The molecule has 0 fully saturated rings. The lowest BCUT2D eigenvalue weighted by atomic mass is 10.3. The second-order valence-electron chi connectivity index (χ2n) is 3.87. The molecule has 0 radical (unpaired) electrons. The van der Waals surface area contributed by atoms with Crippen molar-refractivity contribution in [3.05, 3.63) is 17.5 Å². The molecular formula is C11H17N3O5. The summed E-state index contributed by atoms with van der Waals surface area (Å²) < 4.78 is 9.62. The molecule has 0 aromatic carbocycles. The molecule has 1 atom stereocenters. The fraction of sp³-hybridized carbons (Fsp3) is 0.545. The number of rotatable bonds is 8. The van der Waals surface area contributed by atoms with Gasteiger partial charge in [0.25, 0.3) is 0 Å². The molecule has 0 spiro atoms. The van der Waals surface area contributed by atoms with E-state index >= 15 is 0 Å². The Bertz CT molecular complexity index is 432. The van der Waals surface area contributed by atoms with Gasteiger partial charge in [0.15, 0.2) is 11.5 Å². The fourth-order valence-electron chi connectivity index (χ4n) is 1.27. The Hall–Kier alpha value is -1.93. The first kappa shape index (κ1) is 15.1. The monoisotopic (exact) mass is 271 g/mol. The van der Waals surface area contributed by atoms with E-state index in [1.54, 1.807) is 14.0 Å². The van der Waals surface area contributed by atoms with Crippen LogP contribution in [0.15, 0.2) is 10.6 Å². The number of nitrogens with one attached hydrogen (secondary N) is 2. The van der Waals surface area contributed by atoms with Crippen LogP contribution in [0.2, 0.25) is 0 Å². The first-order valence-electron chi connectivity index (χ1n) is 5.73. The van der Waals surface area contributed by atoms with Crippen LogP contribution in [0, 0.1) is 0 Å². The largest absolute Gasteiger partial charge is 0.476 e. The van der Waals surface area contributed by atoms with Crippen LogP contribution in [0.1, 0.15) is 23.2 Å². The average molecular weight is 271 g/mol. The molecule has 19 heavy (non-hydrogen) atoms. The standard InChI is InChI=1S/C11H17N3O5/c1-7(10(15)12-3-4-18-2)13-6-8-5-9(11(16)17)14-19-8/h5,7,13H,3-4,6H2,1-2H3,(H,12,15)(H,16,17). The number of methoxy groups -OCH3 is 1. The molecule has 1 aromatic rings. The minimum atomic E-state index is -1.15. The maximum absolute atomic E-state index is 11.6. The lowest BCUT2D eigenvalue weighted by Crippen LogP contribution is -2.42. The van der Waals surface area contributed by atoms with E-state index in [0.29, 0.717) is 18.9 Å². The van der Waals surface area contributed by atoms with Crippen LogP contribution in [-0.4, -0.2) is 48.4 Å². The molecule has 3 N–H and O–H groups in total. The van der Waals surface area contributed by atoms with Crippen LogP contribution in [0.25, 0.3) is 0 Å². The Kier molecular flexibility index (Phi) is 5.97. The Morgan fingerprint density at radius 2 is 2.32 bits per heavy atom. The van der Waals surface area contributed by atoms with Gasteiger partial charge in [-0.3, -0.25) is 10.1 Å². The lowest BCUT2D eigenvalue weighted by molar-refractivity contribution is -0.123. The molecule has 0 bridgehead atoms. The highest BCUT2D eigenvalue weighted by Gasteiger charge is 2.14. The number of carboxylic acids is 1. The van der Waals surface area contributed by atoms with Crippen molar-refractivity contribution in [2.24, 2.45) is 0 Å². The highest BCUT2D eigenvalue weighted by Crippen LogP contribution is 2.03. The molecule has 1 amide bonds. The average Bonchev–Trinajstić information content (AvgIpc) is 2.85. The molecule has 0 aliphatic heterocycles. The van der Waals surface area contributed by atoms with Gasteiger partial charge in [0.1, 0.15) is 0 Å². The molecule has 0 saturated carbocycles. The zero-order valence-electron chi connectivity index (χ0n) is 10.8. The number of ether oxygens (including phenoxy) is 1. The van der Waals surface area contributed by atoms with E-state index in [-0.39, 0.29) is 18.1 Å². The van der Waals surface area contributed by atoms with Gasteiger partial charge >= 0.3 is 5.97 Å². The van der Waals surface area contributed by atoms with Crippen molar-refractivity contribution in [3.63, 3.8) is 0 Å². The highest BCUT2D eigenvalue weighted by atomic mass is 16.5. The number of hydrogen-bond donors (Lipinski definition) is 3. The predicted molar refractivity (Wildman–Crippen MR) is 64.6 cm³/mol. The summed E-state index contributed by atoms with van der Waals surface area (Å²) in [7, 11) is 1.55. The van der Waals surface area contributed by atoms with Crippen molar-refractivity contribution in [2.75, 3.05) is 20.3 Å². The number of carbonyl (C=O) groups is 2. The quantitative estimate of drug-likeness (QED) is 0.552. The van der Waals surface area contributed by atoms with Gasteiger partial charge in [0, 0.05) is 19.7 Å². The van der Waals surface area contributed by atoms with E-state index in [4.69, 9.17) is 14.4 Å². The third-order valence-corrected chi connectivity index (χ3v) is 2.36. The van der Waals surface area contributed by atoms with E-state index in [1.165, 1.54) is 6.07 Å². The number of aromatic carboxylic acids is 1. The van der Waals surface area contributed by atoms with Gasteiger partial charge in [-0.1, -0.05) is 5.16 Å². The number of amides is 1. The first-order valence-corrected chi connectivity index (χ1v) is 5.73. The van der Waals surface area contributed by atoms with Crippen LogP contribution >= 0.6 is 0 Å². The third-order valence-electron chi connectivity index (χ3n) is 2.36. The van der Waals surface area contributed by atoms with Gasteiger partial charge in [0.2, 0.25) is 5.91 Å². The number of carboxylic acid groups (broad SMARTS) is 1. The summed E-state index contributed by atoms with van der Waals surface area (Å²) in [6, 6.07) is 0.875. The van der Waals surface area contributed by atoms with Crippen molar-refractivity contribution in [1.29, 1.82) is 0 Å². The molecule has 8 nitrogen and oxygen atoms in total. The summed E-state index contributed by atoms with van der Waals surface area (Å²) in [6.07, 6.45) is 0. The van der Waals surface area contributed by atoms with E-state index < -0.39 is 12.0 Å². The molecule has 1 heterocycles. The van der Waals surface area contributed by atoms with Gasteiger partial charge < -0.3 is 19.7 Å². The summed E-state index contributed by atoms with van der Waals surface area (Å²) in [5, 5.41) is 17.6. The minimum absolute atomic E-state index is 0.158. The van der Waals surface area contributed by atoms with Crippen LogP contribution in [-0.2, 0) is 16.1 Å². The summed E-state index contributed by atoms with van der Waals surface area (Å²) in [6.45, 7) is 2.80. The zero-order valence-corrected chi connectivity index (χ0v) is 10.8. The van der Waals surface area contributed by atoms with Crippen LogP contribution in [0.3, 0.4) is 0 Å². The van der Waals surface area contributed by atoms with Crippen molar-refractivity contribution >= 4 is 11.9 Å². The summed E-state index contributed by atoms with van der Waals surface area (Å²) in [5.74, 6) is -0.968. The van der Waals surface area contributed by atoms with E-state index in [2.05, 4.69) is 15.8 Å². The summed E-state index contributed by atoms with van der Waals surface area (Å²) in [4.78, 5) is 22.2. The zero-order chi connectivity index (χ0) is 14.3. The summed E-state index contributed by atoms with van der Waals surface area (Å²) >= 11 is 0. The highest BCUT2D eigenvalue weighted by molar-refractivity contribution is 5.85. The SMILES string of the molecule is COCCNC(=O)C(C)NCc1cc(C(=O)O)no1. The maximum Gasteiger partial charge on any atom is 0.358 e. The fourth-order valence-corrected chi connectivity index (χ4v) is 1.27.